The Kier molecular flexibility index (Phi) is 7.53. The Morgan fingerprint density at radius 1 is 1.13 bits per heavy atom. The molecule has 8 nitrogen and oxygen atoms in total. The van der Waals surface area contributed by atoms with Crippen LogP contribution in [0, 0.1) is 6.92 Å². The van der Waals surface area contributed by atoms with Gasteiger partial charge in [0.2, 0.25) is 15.9 Å². The lowest BCUT2D eigenvalue weighted by atomic mass is 10.1. The summed E-state index contributed by atoms with van der Waals surface area (Å²) in [6.07, 6.45) is 0.667. The lowest BCUT2D eigenvalue weighted by Crippen LogP contribution is -2.40. The van der Waals surface area contributed by atoms with Gasteiger partial charge in [0, 0.05) is 25.2 Å². The SMILES string of the molecule is COc1cccc(CCC(=O)Nc2cc(S(=O)(=O)N3CCOCC3)ccc2C)c1OC. The van der Waals surface area contributed by atoms with Crippen molar-refractivity contribution in [2.75, 3.05) is 45.8 Å². The highest BCUT2D eigenvalue weighted by Gasteiger charge is 2.27. The average Bonchev–Trinajstić information content (AvgIpc) is 2.79. The van der Waals surface area contributed by atoms with Gasteiger partial charge in [-0.15, -0.1) is 0 Å². The molecule has 0 aliphatic carbocycles. The summed E-state index contributed by atoms with van der Waals surface area (Å²) in [6.45, 7) is 3.22. The van der Waals surface area contributed by atoms with Crippen LogP contribution in [0.15, 0.2) is 41.3 Å². The van der Waals surface area contributed by atoms with Crippen LogP contribution in [0.25, 0.3) is 0 Å². The van der Waals surface area contributed by atoms with Gasteiger partial charge < -0.3 is 19.5 Å². The molecule has 0 spiro atoms. The van der Waals surface area contributed by atoms with Crippen LogP contribution in [0.3, 0.4) is 0 Å². The highest BCUT2D eigenvalue weighted by molar-refractivity contribution is 7.89. The zero-order valence-electron chi connectivity index (χ0n) is 18.0. The summed E-state index contributed by atoms with van der Waals surface area (Å²) in [6, 6.07) is 10.3. The summed E-state index contributed by atoms with van der Waals surface area (Å²) in [5.74, 6) is 0.999. The van der Waals surface area contributed by atoms with Crippen LogP contribution >= 0.6 is 0 Å². The van der Waals surface area contributed by atoms with Crippen LogP contribution < -0.4 is 14.8 Å². The summed E-state index contributed by atoms with van der Waals surface area (Å²) in [7, 11) is -0.512. The van der Waals surface area contributed by atoms with Gasteiger partial charge in [-0.2, -0.15) is 4.31 Å². The number of rotatable bonds is 8. The average molecular weight is 449 g/mol. The molecule has 31 heavy (non-hydrogen) atoms. The predicted octanol–water partition coefficient (Wildman–Crippen LogP) is 2.60. The van der Waals surface area contributed by atoms with Crippen molar-refractivity contribution in [1.29, 1.82) is 0 Å². The standard InChI is InChI=1S/C22H28N2O6S/c1-16-7-9-18(31(26,27)24-11-13-30-14-12-24)15-19(16)23-21(25)10-8-17-5-4-6-20(28-2)22(17)29-3/h4-7,9,15H,8,10-14H2,1-3H3,(H,23,25). The van der Waals surface area contributed by atoms with E-state index in [1.807, 2.05) is 19.1 Å². The number of amides is 1. The second-order valence-electron chi connectivity index (χ2n) is 7.19. The van der Waals surface area contributed by atoms with Gasteiger partial charge in [0.25, 0.3) is 0 Å². The molecule has 0 radical (unpaired) electrons. The second-order valence-corrected chi connectivity index (χ2v) is 9.13. The summed E-state index contributed by atoms with van der Waals surface area (Å²) in [5.41, 5.74) is 2.13. The molecule has 168 valence electrons. The molecule has 1 saturated heterocycles. The van der Waals surface area contributed by atoms with Crippen LogP contribution in [0.5, 0.6) is 11.5 Å². The van der Waals surface area contributed by atoms with Crippen LogP contribution in [-0.4, -0.2) is 59.2 Å². The summed E-state index contributed by atoms with van der Waals surface area (Å²) in [4.78, 5) is 12.8. The van der Waals surface area contributed by atoms with E-state index < -0.39 is 10.0 Å². The third kappa shape index (κ3) is 5.36. The molecule has 3 rings (SSSR count). The number of para-hydroxylation sites is 1. The van der Waals surface area contributed by atoms with Gasteiger partial charge in [-0.3, -0.25) is 4.79 Å². The number of carbonyl (C=O) groups is 1. The van der Waals surface area contributed by atoms with E-state index in [-0.39, 0.29) is 17.2 Å². The van der Waals surface area contributed by atoms with Crippen molar-refractivity contribution in [3.8, 4) is 11.5 Å². The number of ether oxygens (including phenoxy) is 3. The van der Waals surface area contributed by atoms with Gasteiger partial charge in [0.05, 0.1) is 32.3 Å². The molecular weight excluding hydrogens is 420 g/mol. The normalized spacial score (nSPS) is 14.8. The second kappa shape index (κ2) is 10.1. The molecule has 9 heteroatoms. The van der Waals surface area contributed by atoms with Crippen molar-refractivity contribution < 1.29 is 27.4 Å². The largest absolute Gasteiger partial charge is 0.493 e. The number of sulfonamides is 1. The summed E-state index contributed by atoms with van der Waals surface area (Å²) in [5, 5.41) is 2.84. The van der Waals surface area contributed by atoms with Crippen molar-refractivity contribution in [3.63, 3.8) is 0 Å². The smallest absolute Gasteiger partial charge is 0.243 e. The topological polar surface area (TPSA) is 94.2 Å². The Morgan fingerprint density at radius 2 is 1.87 bits per heavy atom. The zero-order chi connectivity index (χ0) is 22.4. The first kappa shape index (κ1) is 23.1. The first-order valence-electron chi connectivity index (χ1n) is 10.0. The number of morpholine rings is 1. The molecule has 2 aromatic rings. The highest BCUT2D eigenvalue weighted by atomic mass is 32.2. The number of hydrogen-bond donors (Lipinski definition) is 1. The number of methoxy groups -OCH3 is 2. The molecule has 2 aromatic carbocycles. The lowest BCUT2D eigenvalue weighted by molar-refractivity contribution is -0.116. The number of carbonyl (C=O) groups excluding carboxylic acids is 1. The molecule has 1 aliphatic rings. The third-order valence-corrected chi connectivity index (χ3v) is 7.09. The van der Waals surface area contributed by atoms with Crippen molar-refractivity contribution in [1.82, 2.24) is 4.31 Å². The van der Waals surface area contributed by atoms with Gasteiger partial charge in [0.1, 0.15) is 0 Å². The number of hydrogen-bond acceptors (Lipinski definition) is 6. The fraction of sp³-hybridized carbons (Fsp3) is 0.409. The van der Waals surface area contributed by atoms with Crippen molar-refractivity contribution in [3.05, 3.63) is 47.5 Å². The van der Waals surface area contributed by atoms with Gasteiger partial charge in [-0.25, -0.2) is 8.42 Å². The maximum atomic E-state index is 12.9. The molecule has 0 unspecified atom stereocenters. The molecule has 1 fully saturated rings. The van der Waals surface area contributed by atoms with E-state index >= 15 is 0 Å². The van der Waals surface area contributed by atoms with E-state index in [2.05, 4.69) is 5.32 Å². The Balaban J connectivity index is 1.71. The van der Waals surface area contributed by atoms with Crippen LogP contribution in [0.4, 0.5) is 5.69 Å². The van der Waals surface area contributed by atoms with Crippen molar-refractivity contribution in [2.24, 2.45) is 0 Å². The van der Waals surface area contributed by atoms with Crippen LogP contribution in [0.2, 0.25) is 0 Å². The fourth-order valence-electron chi connectivity index (χ4n) is 3.44. The molecule has 0 aromatic heterocycles. The Morgan fingerprint density at radius 3 is 2.55 bits per heavy atom. The molecule has 0 bridgehead atoms. The Labute approximate surface area is 183 Å². The summed E-state index contributed by atoms with van der Waals surface area (Å²) < 4.78 is 43.2. The number of benzene rings is 2. The van der Waals surface area contributed by atoms with Gasteiger partial charge in [0.15, 0.2) is 11.5 Å². The lowest BCUT2D eigenvalue weighted by Gasteiger charge is -2.26. The zero-order valence-corrected chi connectivity index (χ0v) is 18.8. The minimum atomic E-state index is -3.64. The number of aryl methyl sites for hydroxylation is 2. The minimum absolute atomic E-state index is 0.157. The van der Waals surface area contributed by atoms with Crippen molar-refractivity contribution in [2.45, 2.75) is 24.7 Å². The minimum Gasteiger partial charge on any atom is -0.493 e. The van der Waals surface area contributed by atoms with Gasteiger partial charge in [-0.1, -0.05) is 18.2 Å². The quantitative estimate of drug-likeness (QED) is 0.667. The van der Waals surface area contributed by atoms with Gasteiger partial charge in [-0.05, 0) is 42.7 Å². The Hall–Kier alpha value is -2.62. The number of nitrogens with zero attached hydrogens (tertiary/aromatic N) is 1. The first-order chi connectivity index (χ1) is 14.9. The first-order valence-corrected chi connectivity index (χ1v) is 11.5. The van der Waals surface area contributed by atoms with E-state index in [9.17, 15) is 13.2 Å². The molecule has 1 N–H and O–H groups in total. The van der Waals surface area contributed by atoms with E-state index in [4.69, 9.17) is 14.2 Å². The summed E-state index contributed by atoms with van der Waals surface area (Å²) >= 11 is 0. The highest BCUT2D eigenvalue weighted by Crippen LogP contribution is 2.31. The van der Waals surface area contributed by atoms with Crippen LogP contribution in [-0.2, 0) is 26.0 Å². The molecule has 0 atom stereocenters. The van der Waals surface area contributed by atoms with E-state index in [0.29, 0.717) is 49.9 Å². The molecular formula is C22H28N2O6S. The predicted molar refractivity (Wildman–Crippen MR) is 117 cm³/mol. The van der Waals surface area contributed by atoms with E-state index in [0.717, 1.165) is 11.1 Å². The fourth-order valence-corrected chi connectivity index (χ4v) is 4.88. The van der Waals surface area contributed by atoms with E-state index in [1.54, 1.807) is 32.4 Å². The number of anilines is 1. The molecule has 0 saturated carbocycles. The molecule has 1 amide bonds. The monoisotopic (exact) mass is 448 g/mol. The van der Waals surface area contributed by atoms with Gasteiger partial charge >= 0.3 is 0 Å². The maximum absolute atomic E-state index is 12.9. The Bertz CT molecular complexity index is 1030. The third-order valence-electron chi connectivity index (χ3n) is 5.20. The maximum Gasteiger partial charge on any atom is 0.243 e. The number of nitrogens with one attached hydrogen (secondary N) is 1. The van der Waals surface area contributed by atoms with E-state index in [1.165, 1.54) is 10.4 Å². The van der Waals surface area contributed by atoms with Crippen molar-refractivity contribution >= 4 is 21.6 Å². The molecule has 1 aliphatic heterocycles. The molecule has 1 heterocycles. The van der Waals surface area contributed by atoms with Crippen LogP contribution in [0.1, 0.15) is 17.5 Å².